The van der Waals surface area contributed by atoms with Crippen molar-refractivity contribution in [1.29, 1.82) is 0 Å². The molecule has 2 rings (SSSR count). The van der Waals surface area contributed by atoms with Crippen molar-refractivity contribution < 1.29 is 13.6 Å². The van der Waals surface area contributed by atoms with Crippen LogP contribution in [-0.2, 0) is 0 Å². The van der Waals surface area contributed by atoms with E-state index in [1.165, 1.54) is 6.07 Å². The predicted molar refractivity (Wildman–Crippen MR) is 67.5 cm³/mol. The van der Waals surface area contributed by atoms with Crippen molar-refractivity contribution >= 4 is 5.78 Å². The van der Waals surface area contributed by atoms with Crippen LogP contribution in [0, 0.1) is 18.6 Å². The van der Waals surface area contributed by atoms with Crippen molar-refractivity contribution in [2.24, 2.45) is 0 Å². The van der Waals surface area contributed by atoms with Crippen LogP contribution >= 0.6 is 0 Å². The molecule has 0 spiro atoms. The molecule has 2 aromatic carbocycles. The van der Waals surface area contributed by atoms with E-state index in [0.29, 0.717) is 0 Å². The van der Waals surface area contributed by atoms with Crippen LogP contribution in [0.2, 0.25) is 0 Å². The highest BCUT2D eigenvalue weighted by Gasteiger charge is 1.97. The van der Waals surface area contributed by atoms with E-state index in [2.05, 4.69) is 0 Å². The van der Waals surface area contributed by atoms with Gasteiger partial charge in [0.2, 0.25) is 0 Å². The van der Waals surface area contributed by atoms with Crippen molar-refractivity contribution in [1.82, 2.24) is 0 Å². The molecule has 0 aliphatic heterocycles. The Morgan fingerprint density at radius 3 is 1.94 bits per heavy atom. The van der Waals surface area contributed by atoms with E-state index in [0.717, 1.165) is 23.3 Å². The topological polar surface area (TPSA) is 17.1 Å². The summed E-state index contributed by atoms with van der Waals surface area (Å²) in [6.07, 6.45) is 0. The Hall–Kier alpha value is -2.03. The van der Waals surface area contributed by atoms with Crippen LogP contribution in [-0.4, -0.2) is 5.78 Å². The van der Waals surface area contributed by atoms with Gasteiger partial charge in [0.05, 0.1) is 0 Å². The zero-order valence-electron chi connectivity index (χ0n) is 10.3. The van der Waals surface area contributed by atoms with Gasteiger partial charge in [-0.05, 0) is 31.5 Å². The number of carbonyl (C=O) groups excluding carboxylic acids is 1. The fourth-order valence-corrected chi connectivity index (χ4v) is 1.27. The molecule has 94 valence electrons. The smallest absolute Gasteiger partial charge is 0.159 e. The van der Waals surface area contributed by atoms with E-state index in [-0.39, 0.29) is 5.78 Å². The first-order chi connectivity index (χ1) is 8.50. The SMILES string of the molecule is CC(=O)c1ccccc1.Cc1ccc(F)c(F)c1. The van der Waals surface area contributed by atoms with Gasteiger partial charge in [0.1, 0.15) is 0 Å². The average Bonchev–Trinajstić information content (AvgIpc) is 2.36. The highest BCUT2D eigenvalue weighted by atomic mass is 19.2. The molecule has 1 nitrogen and oxygen atoms in total. The molecule has 0 unspecified atom stereocenters. The van der Waals surface area contributed by atoms with E-state index >= 15 is 0 Å². The molecule has 0 bridgehead atoms. The molecule has 0 amide bonds. The number of rotatable bonds is 1. The number of carbonyl (C=O) groups is 1. The zero-order chi connectivity index (χ0) is 13.5. The predicted octanol–water partition coefficient (Wildman–Crippen LogP) is 4.16. The molecule has 0 saturated carbocycles. The minimum Gasteiger partial charge on any atom is -0.295 e. The van der Waals surface area contributed by atoms with E-state index in [4.69, 9.17) is 0 Å². The first kappa shape index (κ1) is 14.0. The molecule has 3 heteroatoms. The Balaban J connectivity index is 0.000000180. The van der Waals surface area contributed by atoms with Crippen LogP contribution in [0.1, 0.15) is 22.8 Å². The van der Waals surface area contributed by atoms with Crippen LogP contribution in [0.25, 0.3) is 0 Å². The molecule has 0 aliphatic carbocycles. The lowest BCUT2D eigenvalue weighted by Crippen LogP contribution is -1.88. The van der Waals surface area contributed by atoms with Crippen molar-refractivity contribution in [3.05, 3.63) is 71.3 Å². The molecule has 0 fully saturated rings. The summed E-state index contributed by atoms with van der Waals surface area (Å²) >= 11 is 0. The molecule has 0 aliphatic rings. The Morgan fingerprint density at radius 1 is 0.944 bits per heavy atom. The molecule has 2 aromatic rings. The number of halogens is 2. The highest BCUT2D eigenvalue weighted by Crippen LogP contribution is 2.06. The molecule has 0 radical (unpaired) electrons. The summed E-state index contributed by atoms with van der Waals surface area (Å²) < 4.78 is 24.3. The maximum absolute atomic E-state index is 12.2. The monoisotopic (exact) mass is 248 g/mol. The molecular weight excluding hydrogens is 234 g/mol. The summed E-state index contributed by atoms with van der Waals surface area (Å²) in [6.45, 7) is 3.28. The van der Waals surface area contributed by atoms with Crippen LogP contribution in [0.4, 0.5) is 8.78 Å². The van der Waals surface area contributed by atoms with Gasteiger partial charge in [-0.3, -0.25) is 4.79 Å². The largest absolute Gasteiger partial charge is 0.295 e. The van der Waals surface area contributed by atoms with Gasteiger partial charge in [0.25, 0.3) is 0 Å². The van der Waals surface area contributed by atoms with E-state index < -0.39 is 11.6 Å². The van der Waals surface area contributed by atoms with Gasteiger partial charge in [-0.15, -0.1) is 0 Å². The first-order valence-electron chi connectivity index (χ1n) is 5.48. The highest BCUT2D eigenvalue weighted by molar-refractivity contribution is 5.93. The summed E-state index contributed by atoms with van der Waals surface area (Å²) in [4.78, 5) is 10.6. The third-order valence-corrected chi connectivity index (χ3v) is 2.26. The van der Waals surface area contributed by atoms with Crippen LogP contribution in [0.15, 0.2) is 48.5 Å². The molecule has 0 heterocycles. The van der Waals surface area contributed by atoms with Crippen LogP contribution in [0.5, 0.6) is 0 Å². The average molecular weight is 248 g/mol. The molecule has 18 heavy (non-hydrogen) atoms. The fraction of sp³-hybridized carbons (Fsp3) is 0.133. The summed E-state index contributed by atoms with van der Waals surface area (Å²) in [6, 6.07) is 13.0. The van der Waals surface area contributed by atoms with Crippen LogP contribution < -0.4 is 0 Å². The zero-order valence-corrected chi connectivity index (χ0v) is 10.3. The van der Waals surface area contributed by atoms with Gasteiger partial charge in [-0.2, -0.15) is 0 Å². The number of aryl methyl sites for hydroxylation is 1. The Labute approximate surface area is 105 Å². The maximum Gasteiger partial charge on any atom is 0.159 e. The van der Waals surface area contributed by atoms with Gasteiger partial charge in [-0.1, -0.05) is 36.4 Å². The van der Waals surface area contributed by atoms with E-state index in [1.54, 1.807) is 13.8 Å². The van der Waals surface area contributed by atoms with Gasteiger partial charge >= 0.3 is 0 Å². The summed E-state index contributed by atoms with van der Waals surface area (Å²) in [5.41, 5.74) is 1.51. The minimum absolute atomic E-state index is 0.121. The van der Waals surface area contributed by atoms with Crippen molar-refractivity contribution in [2.75, 3.05) is 0 Å². The lowest BCUT2D eigenvalue weighted by atomic mass is 10.2. The second kappa shape index (κ2) is 6.64. The summed E-state index contributed by atoms with van der Waals surface area (Å²) in [5.74, 6) is -1.45. The number of hydrogen-bond donors (Lipinski definition) is 0. The Morgan fingerprint density at radius 2 is 1.56 bits per heavy atom. The Kier molecular flexibility index (Phi) is 5.18. The fourth-order valence-electron chi connectivity index (χ4n) is 1.27. The van der Waals surface area contributed by atoms with Crippen molar-refractivity contribution in [2.45, 2.75) is 13.8 Å². The maximum atomic E-state index is 12.2. The lowest BCUT2D eigenvalue weighted by Gasteiger charge is -1.91. The molecule has 0 atom stereocenters. The standard InChI is InChI=1S/C8H8O.C7H6F2/c1-7(9)8-5-3-2-4-6-8;1-5-2-3-6(8)7(9)4-5/h2-6H,1H3;2-4H,1H3. The number of benzene rings is 2. The third-order valence-electron chi connectivity index (χ3n) is 2.26. The quantitative estimate of drug-likeness (QED) is 0.692. The first-order valence-corrected chi connectivity index (χ1v) is 5.48. The van der Waals surface area contributed by atoms with Crippen molar-refractivity contribution in [3.8, 4) is 0 Å². The molecular formula is C15H14F2O. The van der Waals surface area contributed by atoms with E-state index in [9.17, 15) is 13.6 Å². The van der Waals surface area contributed by atoms with Gasteiger partial charge in [0.15, 0.2) is 17.4 Å². The number of hydrogen-bond acceptors (Lipinski definition) is 1. The second-order valence-electron chi connectivity index (χ2n) is 3.84. The number of ketones is 1. The molecule has 0 saturated heterocycles. The number of Topliss-reactive ketones (excluding diaryl/α,β-unsaturated/α-hetero) is 1. The Bertz CT molecular complexity index is 521. The van der Waals surface area contributed by atoms with E-state index in [1.807, 2.05) is 30.3 Å². The van der Waals surface area contributed by atoms with Gasteiger partial charge in [-0.25, -0.2) is 8.78 Å². The normalized spacial score (nSPS) is 9.33. The summed E-state index contributed by atoms with van der Waals surface area (Å²) in [5, 5.41) is 0. The van der Waals surface area contributed by atoms with Crippen molar-refractivity contribution in [3.63, 3.8) is 0 Å². The van der Waals surface area contributed by atoms with Gasteiger partial charge in [0, 0.05) is 5.56 Å². The van der Waals surface area contributed by atoms with Gasteiger partial charge < -0.3 is 0 Å². The third kappa shape index (κ3) is 4.45. The lowest BCUT2D eigenvalue weighted by molar-refractivity contribution is 0.101. The van der Waals surface area contributed by atoms with Crippen LogP contribution in [0.3, 0.4) is 0 Å². The molecule has 0 N–H and O–H groups in total. The minimum atomic E-state index is -0.791. The summed E-state index contributed by atoms with van der Waals surface area (Å²) in [7, 11) is 0. The molecule has 0 aromatic heterocycles. The second-order valence-corrected chi connectivity index (χ2v) is 3.84.